The van der Waals surface area contributed by atoms with Crippen molar-refractivity contribution in [3.63, 3.8) is 0 Å². The van der Waals surface area contributed by atoms with Crippen LogP contribution in [0.3, 0.4) is 0 Å². The molecule has 0 aromatic heterocycles. The van der Waals surface area contributed by atoms with Crippen molar-refractivity contribution < 1.29 is 14.4 Å². The van der Waals surface area contributed by atoms with Gasteiger partial charge in [-0.3, -0.25) is 14.5 Å². The average molecular weight is 335 g/mol. The van der Waals surface area contributed by atoms with E-state index in [1.54, 1.807) is 0 Å². The van der Waals surface area contributed by atoms with Crippen LogP contribution < -0.4 is 5.32 Å². The van der Waals surface area contributed by atoms with Gasteiger partial charge in [0.15, 0.2) is 0 Å². The normalized spacial score (nSPS) is 29.9. The number of piperidine rings is 1. The lowest BCUT2D eigenvalue weighted by atomic mass is 9.82. The zero-order valence-corrected chi connectivity index (χ0v) is 14.8. The Hall–Kier alpha value is -1.59. The van der Waals surface area contributed by atoms with Crippen molar-refractivity contribution in [1.82, 2.24) is 15.1 Å². The van der Waals surface area contributed by atoms with E-state index in [-0.39, 0.29) is 30.8 Å². The van der Waals surface area contributed by atoms with Gasteiger partial charge in [0, 0.05) is 26.1 Å². The summed E-state index contributed by atoms with van der Waals surface area (Å²) in [6.45, 7) is 6.10. The molecule has 0 aromatic rings. The SMILES string of the molecule is CC1CC(C)CN(C(=O)CCN2C(=O)NC3(CCCCC3)C2=O)C1. The molecule has 3 rings (SSSR count). The molecule has 2 atom stereocenters. The molecule has 6 nitrogen and oxygen atoms in total. The van der Waals surface area contributed by atoms with Crippen LogP contribution in [0.15, 0.2) is 0 Å². The molecule has 1 saturated carbocycles. The molecule has 134 valence electrons. The van der Waals surface area contributed by atoms with Gasteiger partial charge in [0.05, 0.1) is 0 Å². The van der Waals surface area contributed by atoms with Crippen LogP contribution in [-0.2, 0) is 9.59 Å². The Morgan fingerprint density at radius 3 is 2.38 bits per heavy atom. The number of amides is 4. The second kappa shape index (κ2) is 6.73. The van der Waals surface area contributed by atoms with Gasteiger partial charge in [-0.1, -0.05) is 33.1 Å². The second-order valence-corrected chi connectivity index (χ2v) is 8.02. The third-order valence-corrected chi connectivity index (χ3v) is 5.72. The minimum atomic E-state index is -0.688. The zero-order valence-electron chi connectivity index (χ0n) is 14.8. The zero-order chi connectivity index (χ0) is 17.3. The molecule has 0 radical (unpaired) electrons. The van der Waals surface area contributed by atoms with Crippen LogP contribution >= 0.6 is 0 Å². The fourth-order valence-corrected chi connectivity index (χ4v) is 4.61. The number of urea groups is 1. The molecule has 3 aliphatic rings. The molecule has 1 N–H and O–H groups in total. The van der Waals surface area contributed by atoms with Crippen molar-refractivity contribution >= 4 is 17.8 Å². The Balaban J connectivity index is 1.57. The number of carbonyl (C=O) groups is 3. The molecule has 3 fully saturated rings. The van der Waals surface area contributed by atoms with E-state index in [0.29, 0.717) is 11.8 Å². The van der Waals surface area contributed by atoms with E-state index in [2.05, 4.69) is 19.2 Å². The van der Waals surface area contributed by atoms with Crippen molar-refractivity contribution in [2.45, 2.75) is 64.3 Å². The number of carbonyl (C=O) groups excluding carboxylic acids is 3. The van der Waals surface area contributed by atoms with Gasteiger partial charge in [-0.25, -0.2) is 4.79 Å². The highest BCUT2D eigenvalue weighted by molar-refractivity contribution is 6.07. The molecule has 2 heterocycles. The van der Waals surface area contributed by atoms with Crippen molar-refractivity contribution in [1.29, 1.82) is 0 Å². The van der Waals surface area contributed by atoms with Crippen LogP contribution in [0.4, 0.5) is 4.79 Å². The third kappa shape index (κ3) is 3.28. The van der Waals surface area contributed by atoms with Crippen molar-refractivity contribution in [3.05, 3.63) is 0 Å². The van der Waals surface area contributed by atoms with E-state index in [0.717, 1.165) is 51.6 Å². The summed E-state index contributed by atoms with van der Waals surface area (Å²) < 4.78 is 0. The Bertz CT molecular complexity index is 518. The highest BCUT2D eigenvalue weighted by Gasteiger charge is 2.51. The summed E-state index contributed by atoms with van der Waals surface area (Å²) in [7, 11) is 0. The largest absolute Gasteiger partial charge is 0.342 e. The summed E-state index contributed by atoms with van der Waals surface area (Å²) >= 11 is 0. The maximum absolute atomic E-state index is 12.7. The topological polar surface area (TPSA) is 69.7 Å². The first kappa shape index (κ1) is 17.2. The van der Waals surface area contributed by atoms with Crippen LogP contribution in [-0.4, -0.2) is 52.8 Å². The molecule has 24 heavy (non-hydrogen) atoms. The summed E-state index contributed by atoms with van der Waals surface area (Å²) in [5, 5.41) is 2.90. The molecule has 2 saturated heterocycles. The quantitative estimate of drug-likeness (QED) is 0.803. The fourth-order valence-electron chi connectivity index (χ4n) is 4.61. The Kier molecular flexibility index (Phi) is 4.83. The van der Waals surface area contributed by atoms with E-state index < -0.39 is 5.54 Å². The predicted molar refractivity (Wildman–Crippen MR) is 90.2 cm³/mol. The number of rotatable bonds is 3. The van der Waals surface area contributed by atoms with E-state index >= 15 is 0 Å². The van der Waals surface area contributed by atoms with Crippen molar-refractivity contribution in [2.75, 3.05) is 19.6 Å². The first-order valence-corrected chi connectivity index (χ1v) is 9.33. The summed E-state index contributed by atoms with van der Waals surface area (Å²) in [4.78, 5) is 40.6. The van der Waals surface area contributed by atoms with Crippen LogP contribution in [0.2, 0.25) is 0 Å². The molecule has 0 bridgehead atoms. The van der Waals surface area contributed by atoms with Crippen molar-refractivity contribution in [2.24, 2.45) is 11.8 Å². The van der Waals surface area contributed by atoms with Gasteiger partial charge >= 0.3 is 6.03 Å². The van der Waals surface area contributed by atoms with Crippen LogP contribution in [0, 0.1) is 11.8 Å². The minimum Gasteiger partial charge on any atom is -0.342 e. The first-order chi connectivity index (χ1) is 11.4. The van der Waals surface area contributed by atoms with E-state index in [1.165, 1.54) is 4.90 Å². The van der Waals surface area contributed by atoms with E-state index in [1.807, 2.05) is 4.90 Å². The molecular weight excluding hydrogens is 306 g/mol. The standard InChI is InChI=1S/C18H29N3O3/c1-13-10-14(2)12-20(11-13)15(22)6-9-21-16(23)18(19-17(21)24)7-4-3-5-8-18/h13-14H,3-12H2,1-2H3,(H,19,24). The third-order valence-electron chi connectivity index (χ3n) is 5.72. The second-order valence-electron chi connectivity index (χ2n) is 8.02. The molecule has 1 aliphatic carbocycles. The number of hydrogen-bond donors (Lipinski definition) is 1. The van der Waals surface area contributed by atoms with Crippen LogP contribution in [0.1, 0.15) is 58.8 Å². The number of likely N-dealkylation sites (tertiary alicyclic amines) is 1. The summed E-state index contributed by atoms with van der Waals surface area (Å²) in [6.07, 6.45) is 5.90. The van der Waals surface area contributed by atoms with Gasteiger partial charge < -0.3 is 10.2 Å². The molecule has 4 amide bonds. The molecule has 0 aromatic carbocycles. The molecular formula is C18H29N3O3. The van der Waals surface area contributed by atoms with E-state index in [4.69, 9.17) is 0 Å². The summed E-state index contributed by atoms with van der Waals surface area (Å²) in [5.41, 5.74) is -0.688. The lowest BCUT2D eigenvalue weighted by Gasteiger charge is -2.35. The average Bonchev–Trinajstić information content (AvgIpc) is 2.75. The highest BCUT2D eigenvalue weighted by Crippen LogP contribution is 2.33. The lowest BCUT2D eigenvalue weighted by molar-refractivity contribution is -0.135. The monoisotopic (exact) mass is 335 g/mol. The first-order valence-electron chi connectivity index (χ1n) is 9.33. The smallest absolute Gasteiger partial charge is 0.325 e. The van der Waals surface area contributed by atoms with Gasteiger partial charge in [-0.05, 0) is 31.1 Å². The lowest BCUT2D eigenvalue weighted by Crippen LogP contribution is -2.48. The van der Waals surface area contributed by atoms with Gasteiger partial charge in [0.2, 0.25) is 5.91 Å². The van der Waals surface area contributed by atoms with Crippen molar-refractivity contribution in [3.8, 4) is 0 Å². The number of nitrogens with zero attached hydrogens (tertiary/aromatic N) is 2. The summed E-state index contributed by atoms with van der Waals surface area (Å²) in [5.74, 6) is 0.957. The Labute approximate surface area is 143 Å². The van der Waals surface area contributed by atoms with E-state index in [9.17, 15) is 14.4 Å². The van der Waals surface area contributed by atoms with Gasteiger partial charge in [-0.2, -0.15) is 0 Å². The fraction of sp³-hybridized carbons (Fsp3) is 0.833. The van der Waals surface area contributed by atoms with Gasteiger partial charge in [0.1, 0.15) is 5.54 Å². The summed E-state index contributed by atoms with van der Waals surface area (Å²) in [6, 6.07) is -0.324. The molecule has 1 spiro atoms. The number of nitrogens with one attached hydrogen (secondary N) is 1. The predicted octanol–water partition coefficient (Wildman–Crippen LogP) is 2.14. The molecule has 6 heteroatoms. The minimum absolute atomic E-state index is 0.0543. The van der Waals surface area contributed by atoms with Gasteiger partial charge in [-0.15, -0.1) is 0 Å². The van der Waals surface area contributed by atoms with Crippen LogP contribution in [0.5, 0.6) is 0 Å². The Morgan fingerprint density at radius 1 is 1.12 bits per heavy atom. The number of hydrogen-bond acceptors (Lipinski definition) is 3. The van der Waals surface area contributed by atoms with Gasteiger partial charge in [0.25, 0.3) is 5.91 Å². The maximum atomic E-state index is 12.7. The molecule has 2 aliphatic heterocycles. The highest BCUT2D eigenvalue weighted by atomic mass is 16.2. The Morgan fingerprint density at radius 2 is 1.75 bits per heavy atom. The number of imide groups is 1. The maximum Gasteiger partial charge on any atom is 0.325 e. The molecule has 2 unspecified atom stereocenters. The van der Waals surface area contributed by atoms with Crippen LogP contribution in [0.25, 0.3) is 0 Å².